The molecule has 6 nitrogen and oxygen atoms in total. The van der Waals surface area contributed by atoms with Crippen molar-refractivity contribution in [2.45, 2.75) is 19.4 Å². The summed E-state index contributed by atoms with van der Waals surface area (Å²) in [5.41, 5.74) is 9.86. The molecule has 0 saturated heterocycles. The van der Waals surface area contributed by atoms with Gasteiger partial charge in [0.25, 0.3) is 10.0 Å². The number of rotatable bonds is 3. The first-order valence-corrected chi connectivity index (χ1v) is 12.8. The van der Waals surface area contributed by atoms with Crippen LogP contribution in [0, 0.1) is 18.3 Å². The van der Waals surface area contributed by atoms with E-state index >= 15 is 0 Å². The van der Waals surface area contributed by atoms with Crippen molar-refractivity contribution < 1.29 is 13.2 Å². The lowest BCUT2D eigenvalue weighted by Gasteiger charge is -2.38. The summed E-state index contributed by atoms with van der Waals surface area (Å²) in [6.07, 6.45) is 0. The van der Waals surface area contributed by atoms with Crippen molar-refractivity contribution in [3.63, 3.8) is 0 Å². The number of nitriles is 1. The molecule has 170 valence electrons. The molecule has 0 radical (unpaired) electrons. The number of anilines is 1. The molecule has 0 spiro atoms. The number of allylic oxidation sites excluding steroid dienone is 2. The van der Waals surface area contributed by atoms with E-state index in [4.69, 9.17) is 10.5 Å². The molecular formula is C26H20BrN3O3S. The molecule has 2 heterocycles. The quantitative estimate of drug-likeness (QED) is 0.493. The van der Waals surface area contributed by atoms with E-state index in [2.05, 4.69) is 22.0 Å². The van der Waals surface area contributed by atoms with Gasteiger partial charge in [0.15, 0.2) is 5.76 Å². The zero-order valence-corrected chi connectivity index (χ0v) is 20.6. The fourth-order valence-corrected chi connectivity index (χ4v) is 6.58. The molecule has 3 aromatic rings. The van der Waals surface area contributed by atoms with E-state index in [1.807, 2.05) is 55.5 Å². The van der Waals surface area contributed by atoms with Crippen molar-refractivity contribution in [1.29, 1.82) is 5.26 Å². The average molecular weight is 534 g/mol. The molecular weight excluding hydrogens is 514 g/mol. The van der Waals surface area contributed by atoms with Crippen molar-refractivity contribution in [3.05, 3.63) is 116 Å². The Bertz CT molecular complexity index is 1520. The van der Waals surface area contributed by atoms with Crippen LogP contribution < -0.4 is 10.0 Å². The first-order valence-electron chi connectivity index (χ1n) is 10.6. The first kappa shape index (κ1) is 22.3. The predicted molar refractivity (Wildman–Crippen MR) is 134 cm³/mol. The van der Waals surface area contributed by atoms with Gasteiger partial charge in [-0.2, -0.15) is 5.26 Å². The summed E-state index contributed by atoms with van der Waals surface area (Å²) in [6, 6.07) is 24.1. The molecule has 2 aliphatic heterocycles. The first-order chi connectivity index (χ1) is 16.3. The molecule has 5 rings (SSSR count). The molecule has 0 aromatic heterocycles. The predicted octanol–water partition coefficient (Wildman–Crippen LogP) is 5.28. The van der Waals surface area contributed by atoms with E-state index < -0.39 is 15.9 Å². The summed E-state index contributed by atoms with van der Waals surface area (Å²) < 4.78 is 36.6. The zero-order valence-electron chi connectivity index (χ0n) is 18.2. The average Bonchev–Trinajstić information content (AvgIpc) is 2.82. The standard InChI is InChI=1S/C26H20BrN3O3S/c1-16-6-2-3-7-18(16)15-30-22-9-5-4-8-20(22)24-25(34(30,31)32)23(21(14-28)26(29)33-24)17-10-12-19(27)13-11-17/h2-13,23H,15,29H2,1H3. The van der Waals surface area contributed by atoms with E-state index in [1.165, 1.54) is 4.31 Å². The highest BCUT2D eigenvalue weighted by Crippen LogP contribution is 2.51. The smallest absolute Gasteiger partial charge is 0.265 e. The monoisotopic (exact) mass is 533 g/mol. The second kappa shape index (κ2) is 8.35. The van der Waals surface area contributed by atoms with E-state index in [9.17, 15) is 13.7 Å². The number of ether oxygens (including phenoxy) is 1. The highest BCUT2D eigenvalue weighted by molar-refractivity contribution is 9.10. The van der Waals surface area contributed by atoms with Crippen LogP contribution in [0.2, 0.25) is 0 Å². The summed E-state index contributed by atoms with van der Waals surface area (Å²) in [6.45, 7) is 2.10. The lowest BCUT2D eigenvalue weighted by molar-refractivity contribution is 0.357. The number of aryl methyl sites for hydroxylation is 1. The van der Waals surface area contributed by atoms with E-state index in [0.717, 1.165) is 15.6 Å². The Morgan fingerprint density at radius 1 is 1.06 bits per heavy atom. The van der Waals surface area contributed by atoms with Gasteiger partial charge in [-0.3, -0.25) is 4.31 Å². The van der Waals surface area contributed by atoms with Gasteiger partial charge in [-0.1, -0.05) is 64.5 Å². The van der Waals surface area contributed by atoms with Gasteiger partial charge in [-0.15, -0.1) is 0 Å². The second-order valence-electron chi connectivity index (χ2n) is 8.13. The number of para-hydroxylation sites is 1. The Morgan fingerprint density at radius 3 is 2.44 bits per heavy atom. The van der Waals surface area contributed by atoms with Crippen molar-refractivity contribution in [3.8, 4) is 6.07 Å². The molecule has 0 saturated carbocycles. The Hall–Kier alpha value is -3.54. The van der Waals surface area contributed by atoms with Crippen LogP contribution in [0.4, 0.5) is 5.69 Å². The SMILES string of the molecule is Cc1ccccc1CN1c2ccccc2C2=C(C(c3ccc(Br)cc3)C(C#N)=C(N)O2)S1(=O)=O. The number of benzene rings is 3. The highest BCUT2D eigenvalue weighted by Gasteiger charge is 2.47. The van der Waals surface area contributed by atoms with Crippen LogP contribution in [0.5, 0.6) is 0 Å². The maximum atomic E-state index is 14.3. The third-order valence-electron chi connectivity index (χ3n) is 6.14. The largest absolute Gasteiger partial charge is 0.439 e. The van der Waals surface area contributed by atoms with Crippen LogP contribution in [-0.4, -0.2) is 8.42 Å². The molecule has 1 unspecified atom stereocenters. The molecule has 0 aliphatic carbocycles. The lowest BCUT2D eigenvalue weighted by Crippen LogP contribution is -2.39. The minimum atomic E-state index is -4.09. The lowest BCUT2D eigenvalue weighted by atomic mass is 9.88. The van der Waals surface area contributed by atoms with Gasteiger partial charge in [0.05, 0.1) is 18.2 Å². The number of hydrogen-bond donors (Lipinski definition) is 1. The molecule has 0 bridgehead atoms. The number of nitrogens with two attached hydrogens (primary N) is 1. The molecule has 2 N–H and O–H groups in total. The fraction of sp³-hybridized carbons (Fsp3) is 0.115. The molecule has 8 heteroatoms. The number of sulfonamides is 1. The topological polar surface area (TPSA) is 96.4 Å². The number of hydrogen-bond acceptors (Lipinski definition) is 5. The van der Waals surface area contributed by atoms with Crippen LogP contribution in [0.3, 0.4) is 0 Å². The number of fused-ring (bicyclic) bond motifs is 2. The van der Waals surface area contributed by atoms with Crippen LogP contribution in [-0.2, 0) is 21.3 Å². The summed E-state index contributed by atoms with van der Waals surface area (Å²) in [4.78, 5) is 0.0212. The Morgan fingerprint density at radius 2 is 1.74 bits per heavy atom. The van der Waals surface area contributed by atoms with Gasteiger partial charge in [-0.05, 0) is 47.9 Å². The minimum absolute atomic E-state index is 0.0212. The Kier molecular flexibility index (Phi) is 5.47. The van der Waals surface area contributed by atoms with Crippen molar-refractivity contribution >= 4 is 37.4 Å². The van der Waals surface area contributed by atoms with Crippen LogP contribution >= 0.6 is 15.9 Å². The zero-order chi connectivity index (χ0) is 24.0. The highest BCUT2D eigenvalue weighted by atomic mass is 79.9. The summed E-state index contributed by atoms with van der Waals surface area (Å²) >= 11 is 3.41. The molecule has 1 atom stereocenters. The van der Waals surface area contributed by atoms with Crippen LogP contribution in [0.25, 0.3) is 5.76 Å². The third-order valence-corrected chi connectivity index (χ3v) is 8.55. The fourth-order valence-electron chi connectivity index (χ4n) is 4.41. The van der Waals surface area contributed by atoms with E-state index in [-0.39, 0.29) is 28.7 Å². The van der Waals surface area contributed by atoms with Crippen molar-refractivity contribution in [1.82, 2.24) is 0 Å². The van der Waals surface area contributed by atoms with E-state index in [1.54, 1.807) is 24.3 Å². The number of nitrogens with zero attached hydrogens (tertiary/aromatic N) is 2. The third kappa shape index (κ3) is 3.49. The summed E-state index contributed by atoms with van der Waals surface area (Å²) in [5.74, 6) is -0.813. The van der Waals surface area contributed by atoms with Gasteiger partial charge in [0.2, 0.25) is 5.88 Å². The second-order valence-corrected chi connectivity index (χ2v) is 10.9. The van der Waals surface area contributed by atoms with Crippen LogP contribution in [0.15, 0.2) is 93.6 Å². The van der Waals surface area contributed by atoms with Gasteiger partial charge >= 0.3 is 0 Å². The van der Waals surface area contributed by atoms with Gasteiger partial charge in [-0.25, -0.2) is 8.42 Å². The maximum Gasteiger partial charge on any atom is 0.265 e. The molecule has 34 heavy (non-hydrogen) atoms. The van der Waals surface area contributed by atoms with Crippen molar-refractivity contribution in [2.24, 2.45) is 5.73 Å². The molecule has 0 fully saturated rings. The van der Waals surface area contributed by atoms with Crippen molar-refractivity contribution in [2.75, 3.05) is 4.31 Å². The van der Waals surface area contributed by atoms with E-state index in [0.29, 0.717) is 16.8 Å². The summed E-state index contributed by atoms with van der Waals surface area (Å²) in [5, 5.41) is 9.93. The Balaban J connectivity index is 1.77. The molecule has 2 aliphatic rings. The van der Waals surface area contributed by atoms with Crippen LogP contribution in [0.1, 0.15) is 28.2 Å². The molecule has 3 aromatic carbocycles. The number of halogens is 1. The summed E-state index contributed by atoms with van der Waals surface area (Å²) in [7, 11) is -4.09. The maximum absolute atomic E-state index is 14.3. The van der Waals surface area contributed by atoms with Gasteiger partial charge in [0, 0.05) is 10.0 Å². The minimum Gasteiger partial charge on any atom is -0.439 e. The Labute approximate surface area is 206 Å². The normalized spacial score (nSPS) is 18.6. The van der Waals surface area contributed by atoms with Gasteiger partial charge in [0.1, 0.15) is 16.5 Å². The molecule has 0 amide bonds. The van der Waals surface area contributed by atoms with Gasteiger partial charge < -0.3 is 10.5 Å².